The zero-order valence-corrected chi connectivity index (χ0v) is 7.78. The number of hydrogen-bond donors (Lipinski definition) is 2. The van der Waals surface area contributed by atoms with Crippen LogP contribution in [0.15, 0.2) is 12.3 Å². The van der Waals surface area contributed by atoms with Crippen molar-refractivity contribution in [3.8, 4) is 0 Å². The maximum absolute atomic E-state index is 11.1. The molecule has 0 saturated heterocycles. The summed E-state index contributed by atoms with van der Waals surface area (Å²) in [5, 5.41) is 0. The first-order valence-corrected chi connectivity index (χ1v) is 4.15. The van der Waals surface area contributed by atoms with Crippen LogP contribution in [0, 0.1) is 0 Å². The van der Waals surface area contributed by atoms with Crippen molar-refractivity contribution in [1.29, 1.82) is 0 Å². The number of rotatable bonds is 3. The smallest absolute Gasteiger partial charge is 0.268 e. The predicted molar refractivity (Wildman–Crippen MR) is 50.7 cm³/mol. The van der Waals surface area contributed by atoms with Crippen LogP contribution in [0.2, 0.25) is 0 Å². The summed E-state index contributed by atoms with van der Waals surface area (Å²) in [6.45, 7) is 1.85. The molecule has 74 valence electrons. The van der Waals surface area contributed by atoms with Crippen molar-refractivity contribution < 1.29 is 9.59 Å². The van der Waals surface area contributed by atoms with Gasteiger partial charge in [-0.2, -0.15) is 0 Å². The van der Waals surface area contributed by atoms with Crippen molar-refractivity contribution in [2.75, 3.05) is 0 Å². The van der Waals surface area contributed by atoms with E-state index in [2.05, 4.69) is 4.98 Å². The minimum absolute atomic E-state index is 0.0585. The Hall–Kier alpha value is -1.91. The summed E-state index contributed by atoms with van der Waals surface area (Å²) in [5.74, 6) is -1.42. The van der Waals surface area contributed by atoms with Gasteiger partial charge in [-0.15, -0.1) is 0 Å². The molecule has 1 rings (SSSR count). The maximum atomic E-state index is 11.1. The standard InChI is InChI=1S/C9H11N3O2/c1-2-5-3-4-12-7(9(11)14)6(5)8(10)13/h3-4H,2H2,1H3,(H2,10,13)(H2,11,14). The second-order valence-electron chi connectivity index (χ2n) is 2.78. The molecular weight excluding hydrogens is 182 g/mol. The van der Waals surface area contributed by atoms with Crippen LogP contribution in [0.1, 0.15) is 33.3 Å². The van der Waals surface area contributed by atoms with Gasteiger partial charge < -0.3 is 11.5 Å². The number of pyridine rings is 1. The van der Waals surface area contributed by atoms with Gasteiger partial charge in [0, 0.05) is 6.20 Å². The van der Waals surface area contributed by atoms with Gasteiger partial charge in [-0.3, -0.25) is 14.6 Å². The van der Waals surface area contributed by atoms with Crippen molar-refractivity contribution in [2.45, 2.75) is 13.3 Å². The van der Waals surface area contributed by atoms with Gasteiger partial charge in [0.25, 0.3) is 11.8 Å². The molecule has 1 heterocycles. The molecule has 0 aliphatic carbocycles. The topological polar surface area (TPSA) is 99.1 Å². The molecule has 0 aliphatic heterocycles. The summed E-state index contributed by atoms with van der Waals surface area (Å²) in [6.07, 6.45) is 2.03. The summed E-state index contributed by atoms with van der Waals surface area (Å²) in [6, 6.07) is 1.65. The summed E-state index contributed by atoms with van der Waals surface area (Å²) in [7, 11) is 0. The first-order chi connectivity index (χ1) is 6.57. The Kier molecular flexibility index (Phi) is 2.81. The molecule has 0 bridgehead atoms. The van der Waals surface area contributed by atoms with Crippen molar-refractivity contribution in [3.63, 3.8) is 0 Å². The molecule has 4 N–H and O–H groups in total. The van der Waals surface area contributed by atoms with E-state index in [1.807, 2.05) is 6.92 Å². The zero-order valence-electron chi connectivity index (χ0n) is 7.78. The van der Waals surface area contributed by atoms with Gasteiger partial charge in [-0.1, -0.05) is 6.92 Å². The number of nitrogens with two attached hydrogens (primary N) is 2. The zero-order chi connectivity index (χ0) is 10.7. The summed E-state index contributed by atoms with van der Waals surface area (Å²) in [4.78, 5) is 25.8. The summed E-state index contributed by atoms with van der Waals surface area (Å²) < 4.78 is 0. The minimum Gasteiger partial charge on any atom is -0.366 e. The van der Waals surface area contributed by atoms with Crippen LogP contribution < -0.4 is 11.5 Å². The van der Waals surface area contributed by atoms with Crippen LogP contribution in [0.5, 0.6) is 0 Å². The average Bonchev–Trinajstić information content (AvgIpc) is 2.16. The number of aromatic nitrogens is 1. The number of primary amides is 2. The summed E-state index contributed by atoms with van der Waals surface area (Å²) in [5.41, 5.74) is 11.0. The highest BCUT2D eigenvalue weighted by molar-refractivity contribution is 6.05. The lowest BCUT2D eigenvalue weighted by atomic mass is 10.0. The minimum atomic E-state index is -0.742. The fourth-order valence-corrected chi connectivity index (χ4v) is 1.26. The molecular formula is C9H11N3O2. The van der Waals surface area contributed by atoms with E-state index >= 15 is 0 Å². The summed E-state index contributed by atoms with van der Waals surface area (Å²) >= 11 is 0. The van der Waals surface area contributed by atoms with E-state index in [0.717, 1.165) is 0 Å². The van der Waals surface area contributed by atoms with Gasteiger partial charge in [0.2, 0.25) is 0 Å². The highest BCUT2D eigenvalue weighted by Gasteiger charge is 2.17. The van der Waals surface area contributed by atoms with Crippen molar-refractivity contribution in [2.24, 2.45) is 11.5 Å². The fourth-order valence-electron chi connectivity index (χ4n) is 1.26. The molecule has 0 fully saturated rings. The van der Waals surface area contributed by atoms with Gasteiger partial charge in [0.15, 0.2) is 0 Å². The molecule has 0 aromatic carbocycles. The third-order valence-corrected chi connectivity index (χ3v) is 1.90. The van der Waals surface area contributed by atoms with E-state index in [-0.39, 0.29) is 11.3 Å². The van der Waals surface area contributed by atoms with Crippen LogP contribution in [0.25, 0.3) is 0 Å². The highest BCUT2D eigenvalue weighted by atomic mass is 16.2. The van der Waals surface area contributed by atoms with E-state index in [0.29, 0.717) is 12.0 Å². The van der Waals surface area contributed by atoms with Crippen molar-refractivity contribution in [1.82, 2.24) is 4.98 Å². The molecule has 0 spiro atoms. The van der Waals surface area contributed by atoms with Gasteiger partial charge in [0.1, 0.15) is 5.69 Å². The quantitative estimate of drug-likeness (QED) is 0.697. The monoisotopic (exact) mass is 193 g/mol. The number of hydrogen-bond acceptors (Lipinski definition) is 3. The van der Waals surface area contributed by atoms with Gasteiger partial charge in [0.05, 0.1) is 5.56 Å². The number of aryl methyl sites for hydroxylation is 1. The molecule has 1 aromatic rings. The van der Waals surface area contributed by atoms with Crippen molar-refractivity contribution >= 4 is 11.8 Å². The number of carbonyl (C=O) groups is 2. The van der Waals surface area contributed by atoms with Crippen LogP contribution >= 0.6 is 0 Å². The molecule has 0 atom stereocenters. The van der Waals surface area contributed by atoms with E-state index in [4.69, 9.17) is 11.5 Å². The number of carbonyl (C=O) groups excluding carboxylic acids is 2. The average molecular weight is 193 g/mol. The van der Waals surface area contributed by atoms with E-state index in [1.165, 1.54) is 6.20 Å². The van der Waals surface area contributed by atoms with Crippen LogP contribution in [0.4, 0.5) is 0 Å². The first-order valence-electron chi connectivity index (χ1n) is 4.15. The maximum Gasteiger partial charge on any atom is 0.268 e. The highest BCUT2D eigenvalue weighted by Crippen LogP contribution is 2.12. The molecule has 5 nitrogen and oxygen atoms in total. The van der Waals surface area contributed by atoms with E-state index in [9.17, 15) is 9.59 Å². The molecule has 0 aliphatic rings. The Morgan fingerprint density at radius 3 is 2.43 bits per heavy atom. The molecule has 2 amide bonds. The Morgan fingerprint density at radius 2 is 2.00 bits per heavy atom. The molecule has 0 radical (unpaired) electrons. The largest absolute Gasteiger partial charge is 0.366 e. The third kappa shape index (κ3) is 1.71. The predicted octanol–water partition coefficient (Wildman–Crippen LogP) is -0.158. The van der Waals surface area contributed by atoms with Crippen LogP contribution in [-0.2, 0) is 6.42 Å². The second kappa shape index (κ2) is 3.87. The van der Waals surface area contributed by atoms with Gasteiger partial charge in [-0.25, -0.2) is 0 Å². The fraction of sp³-hybridized carbons (Fsp3) is 0.222. The Balaban J connectivity index is 3.43. The van der Waals surface area contributed by atoms with Gasteiger partial charge in [-0.05, 0) is 18.1 Å². The molecule has 5 heteroatoms. The SMILES string of the molecule is CCc1ccnc(C(N)=O)c1C(N)=O. The molecule has 0 unspecified atom stereocenters. The molecule has 14 heavy (non-hydrogen) atoms. The lowest BCUT2D eigenvalue weighted by molar-refractivity contribution is 0.0962. The Morgan fingerprint density at radius 1 is 1.36 bits per heavy atom. The normalized spacial score (nSPS) is 9.79. The van der Waals surface area contributed by atoms with Crippen LogP contribution in [0.3, 0.4) is 0 Å². The lowest BCUT2D eigenvalue weighted by Crippen LogP contribution is -2.23. The first kappa shape index (κ1) is 10.2. The van der Waals surface area contributed by atoms with E-state index in [1.54, 1.807) is 6.07 Å². The molecule has 0 saturated carbocycles. The Labute approximate surface area is 81.1 Å². The lowest BCUT2D eigenvalue weighted by Gasteiger charge is -2.06. The van der Waals surface area contributed by atoms with E-state index < -0.39 is 11.8 Å². The number of nitrogens with zero attached hydrogens (tertiary/aromatic N) is 1. The third-order valence-electron chi connectivity index (χ3n) is 1.90. The second-order valence-corrected chi connectivity index (χ2v) is 2.78. The van der Waals surface area contributed by atoms with Crippen LogP contribution in [-0.4, -0.2) is 16.8 Å². The number of amides is 2. The molecule has 1 aromatic heterocycles. The van der Waals surface area contributed by atoms with Gasteiger partial charge >= 0.3 is 0 Å². The van der Waals surface area contributed by atoms with Crippen molar-refractivity contribution in [3.05, 3.63) is 29.1 Å². The Bertz CT molecular complexity index is 388.